The first kappa shape index (κ1) is 20.7. The minimum atomic E-state index is -0.336. The quantitative estimate of drug-likeness (QED) is 0.657. The Morgan fingerprint density at radius 3 is 2.63 bits per heavy atom. The van der Waals surface area contributed by atoms with Crippen LogP contribution in [0.2, 0.25) is 0 Å². The predicted octanol–water partition coefficient (Wildman–Crippen LogP) is 2.91. The molecule has 0 amide bonds. The largest absolute Gasteiger partial charge is 0.490 e. The van der Waals surface area contributed by atoms with Crippen LogP contribution in [-0.4, -0.2) is 47.8 Å². The standard InChI is InChI=1S/C24H30N2O4/c1-17(2)24(28)30-21(16-29-20-7-4-3-5-8-20)15-25-12-18-11-19(14-25)22-9-6-10-23(27)26(22)13-18/h3-10,17-19,21H,11-16H2,1-2H3/t18-,19-,21?/m0/s1. The summed E-state index contributed by atoms with van der Waals surface area (Å²) in [5, 5.41) is 0. The van der Waals surface area contributed by atoms with Crippen molar-refractivity contribution < 1.29 is 14.3 Å². The topological polar surface area (TPSA) is 60.8 Å². The molecule has 1 aromatic heterocycles. The van der Waals surface area contributed by atoms with E-state index in [0.29, 0.717) is 25.0 Å². The van der Waals surface area contributed by atoms with Gasteiger partial charge < -0.3 is 14.0 Å². The Bertz CT molecular complexity index is 924. The first-order chi connectivity index (χ1) is 14.5. The van der Waals surface area contributed by atoms with Crippen molar-refractivity contribution in [2.75, 3.05) is 26.2 Å². The molecule has 1 fully saturated rings. The smallest absolute Gasteiger partial charge is 0.308 e. The highest BCUT2D eigenvalue weighted by Gasteiger charge is 2.35. The van der Waals surface area contributed by atoms with Crippen LogP contribution < -0.4 is 10.3 Å². The van der Waals surface area contributed by atoms with Crippen LogP contribution >= 0.6 is 0 Å². The minimum absolute atomic E-state index is 0.0932. The van der Waals surface area contributed by atoms with Gasteiger partial charge in [0.05, 0.1) is 5.92 Å². The van der Waals surface area contributed by atoms with Crippen molar-refractivity contribution in [1.29, 1.82) is 0 Å². The fourth-order valence-corrected chi connectivity index (χ4v) is 4.56. The lowest BCUT2D eigenvalue weighted by molar-refractivity contribution is -0.155. The molecule has 2 aliphatic rings. The third-order valence-corrected chi connectivity index (χ3v) is 5.95. The maximum atomic E-state index is 12.3. The molecule has 1 aromatic carbocycles. The van der Waals surface area contributed by atoms with Gasteiger partial charge in [-0.05, 0) is 30.5 Å². The van der Waals surface area contributed by atoms with Crippen molar-refractivity contribution in [2.24, 2.45) is 11.8 Å². The van der Waals surface area contributed by atoms with E-state index in [1.807, 2.05) is 54.8 Å². The average Bonchev–Trinajstić information content (AvgIpc) is 2.73. The molecule has 30 heavy (non-hydrogen) atoms. The van der Waals surface area contributed by atoms with Gasteiger partial charge in [-0.25, -0.2) is 0 Å². The van der Waals surface area contributed by atoms with E-state index in [9.17, 15) is 9.59 Å². The van der Waals surface area contributed by atoms with Gasteiger partial charge in [0.2, 0.25) is 0 Å². The molecule has 160 valence electrons. The zero-order valence-electron chi connectivity index (χ0n) is 17.7. The van der Waals surface area contributed by atoms with Crippen LogP contribution in [0.1, 0.15) is 31.9 Å². The van der Waals surface area contributed by atoms with Crippen LogP contribution in [0.25, 0.3) is 0 Å². The summed E-state index contributed by atoms with van der Waals surface area (Å²) in [5.41, 5.74) is 1.22. The van der Waals surface area contributed by atoms with Gasteiger partial charge in [0, 0.05) is 43.9 Å². The summed E-state index contributed by atoms with van der Waals surface area (Å²) in [4.78, 5) is 26.9. The van der Waals surface area contributed by atoms with Gasteiger partial charge in [-0.1, -0.05) is 38.1 Å². The van der Waals surface area contributed by atoms with Gasteiger partial charge in [-0.3, -0.25) is 14.5 Å². The predicted molar refractivity (Wildman–Crippen MR) is 115 cm³/mol. The lowest BCUT2D eigenvalue weighted by Crippen LogP contribution is -2.50. The van der Waals surface area contributed by atoms with Crippen molar-refractivity contribution in [3.8, 4) is 5.75 Å². The Morgan fingerprint density at radius 2 is 1.87 bits per heavy atom. The first-order valence-electron chi connectivity index (χ1n) is 10.8. The first-order valence-corrected chi connectivity index (χ1v) is 10.8. The number of aromatic nitrogens is 1. The molecule has 0 saturated carbocycles. The fraction of sp³-hybridized carbons (Fsp3) is 0.500. The van der Waals surface area contributed by atoms with E-state index < -0.39 is 0 Å². The van der Waals surface area contributed by atoms with Gasteiger partial charge in [-0.2, -0.15) is 0 Å². The number of rotatable bonds is 7. The number of hydrogen-bond acceptors (Lipinski definition) is 5. The lowest BCUT2D eigenvalue weighted by Gasteiger charge is -2.43. The normalized spacial score (nSPS) is 21.7. The molecule has 3 atom stereocenters. The fourth-order valence-electron chi connectivity index (χ4n) is 4.56. The lowest BCUT2D eigenvalue weighted by atomic mass is 9.83. The summed E-state index contributed by atoms with van der Waals surface area (Å²) >= 11 is 0. The van der Waals surface area contributed by atoms with E-state index >= 15 is 0 Å². The highest BCUT2D eigenvalue weighted by molar-refractivity contribution is 5.71. The number of pyridine rings is 1. The van der Waals surface area contributed by atoms with Crippen molar-refractivity contribution in [3.05, 3.63) is 64.6 Å². The van der Waals surface area contributed by atoms with Crippen LogP contribution in [0.5, 0.6) is 5.75 Å². The molecule has 2 aromatic rings. The van der Waals surface area contributed by atoms with Crippen LogP contribution in [0.4, 0.5) is 0 Å². The number of piperidine rings is 1. The molecule has 0 radical (unpaired) electrons. The summed E-state index contributed by atoms with van der Waals surface area (Å²) in [7, 11) is 0. The van der Waals surface area contributed by atoms with E-state index in [0.717, 1.165) is 37.5 Å². The Morgan fingerprint density at radius 1 is 1.07 bits per heavy atom. The number of esters is 1. The van der Waals surface area contributed by atoms with Crippen LogP contribution in [0.15, 0.2) is 53.3 Å². The number of carbonyl (C=O) groups excluding carboxylic acids is 1. The molecular formula is C24H30N2O4. The molecule has 0 N–H and O–H groups in total. The van der Waals surface area contributed by atoms with Crippen molar-refractivity contribution >= 4 is 5.97 Å². The van der Waals surface area contributed by atoms with Crippen molar-refractivity contribution in [2.45, 2.75) is 38.8 Å². The number of carbonyl (C=O) groups is 1. The molecular weight excluding hydrogens is 380 g/mol. The van der Waals surface area contributed by atoms with Gasteiger partial charge in [0.15, 0.2) is 0 Å². The number of para-hydroxylation sites is 1. The SMILES string of the molecule is CC(C)C(=O)OC(COc1ccccc1)CN1C[C@@H]2C[C@@H](C1)c1cccc(=O)n1C2. The monoisotopic (exact) mass is 410 g/mol. The van der Waals surface area contributed by atoms with E-state index in [-0.39, 0.29) is 23.6 Å². The Kier molecular flexibility index (Phi) is 6.23. The van der Waals surface area contributed by atoms with Gasteiger partial charge in [-0.15, -0.1) is 0 Å². The third-order valence-electron chi connectivity index (χ3n) is 5.95. The molecule has 1 saturated heterocycles. The molecule has 0 spiro atoms. The Labute approximate surface area is 177 Å². The summed E-state index contributed by atoms with van der Waals surface area (Å²) < 4.78 is 13.6. The van der Waals surface area contributed by atoms with Crippen molar-refractivity contribution in [1.82, 2.24) is 9.47 Å². The van der Waals surface area contributed by atoms with E-state index in [4.69, 9.17) is 9.47 Å². The third kappa shape index (κ3) is 4.75. The minimum Gasteiger partial charge on any atom is -0.490 e. The number of likely N-dealkylation sites (tertiary alicyclic amines) is 1. The van der Waals surface area contributed by atoms with Crippen LogP contribution in [0, 0.1) is 11.8 Å². The second-order valence-corrected chi connectivity index (χ2v) is 8.75. The Balaban J connectivity index is 1.44. The van der Waals surface area contributed by atoms with Crippen LogP contribution in [0.3, 0.4) is 0 Å². The average molecular weight is 411 g/mol. The van der Waals surface area contributed by atoms with Crippen LogP contribution in [-0.2, 0) is 16.1 Å². The van der Waals surface area contributed by atoms with Gasteiger partial charge in [0.1, 0.15) is 18.5 Å². The number of hydrogen-bond donors (Lipinski definition) is 0. The number of benzene rings is 1. The zero-order valence-corrected chi connectivity index (χ0v) is 17.7. The Hall–Kier alpha value is -2.60. The maximum absolute atomic E-state index is 12.3. The molecule has 0 aliphatic carbocycles. The summed E-state index contributed by atoms with van der Waals surface area (Å²) in [6.07, 6.45) is 0.772. The summed E-state index contributed by atoms with van der Waals surface area (Å²) in [5.74, 6) is 1.16. The van der Waals surface area contributed by atoms with E-state index in [1.54, 1.807) is 6.07 Å². The van der Waals surface area contributed by atoms with Crippen molar-refractivity contribution in [3.63, 3.8) is 0 Å². The number of nitrogens with zero attached hydrogens (tertiary/aromatic N) is 2. The second kappa shape index (κ2) is 9.04. The van der Waals surface area contributed by atoms with E-state index in [1.165, 1.54) is 0 Å². The number of ether oxygens (including phenoxy) is 2. The molecule has 1 unspecified atom stereocenters. The highest BCUT2D eigenvalue weighted by Crippen LogP contribution is 2.35. The summed E-state index contributed by atoms with van der Waals surface area (Å²) in [6.45, 7) is 7.17. The molecule has 6 heteroatoms. The van der Waals surface area contributed by atoms with Gasteiger partial charge in [0.25, 0.3) is 5.56 Å². The van der Waals surface area contributed by atoms with Gasteiger partial charge >= 0.3 is 5.97 Å². The highest BCUT2D eigenvalue weighted by atomic mass is 16.6. The molecule has 2 bridgehead atoms. The molecule has 2 aliphatic heterocycles. The molecule has 4 rings (SSSR count). The second-order valence-electron chi connectivity index (χ2n) is 8.75. The summed E-state index contributed by atoms with van der Waals surface area (Å²) in [6, 6.07) is 15.2. The maximum Gasteiger partial charge on any atom is 0.308 e. The molecule has 6 nitrogen and oxygen atoms in total. The molecule has 3 heterocycles. The zero-order chi connectivity index (χ0) is 21.1. The number of fused-ring (bicyclic) bond motifs is 4. The van der Waals surface area contributed by atoms with E-state index in [2.05, 4.69) is 11.0 Å².